The van der Waals surface area contributed by atoms with Gasteiger partial charge in [-0.2, -0.15) is 0 Å². The predicted octanol–water partition coefficient (Wildman–Crippen LogP) is 2.55. The lowest BCUT2D eigenvalue weighted by Crippen LogP contribution is -2.25. The van der Waals surface area contributed by atoms with Gasteiger partial charge >= 0.3 is 5.97 Å². The number of unbranched alkanes of at least 4 members (excludes halogenated alkanes) is 7. The Labute approximate surface area is 111 Å². The van der Waals surface area contributed by atoms with E-state index < -0.39 is 5.97 Å². The largest absolute Gasteiger partial charge is 0.481 e. The third-order valence-electron chi connectivity index (χ3n) is 2.93. The van der Waals surface area contributed by atoms with Crippen molar-refractivity contribution in [3.63, 3.8) is 0 Å². The Hall–Kier alpha value is -0.610. The molecule has 0 saturated carbocycles. The van der Waals surface area contributed by atoms with E-state index in [1.165, 1.54) is 32.1 Å². The lowest BCUT2D eigenvalue weighted by molar-refractivity contribution is -0.137. The second kappa shape index (κ2) is 12.8. The highest BCUT2D eigenvalue weighted by Crippen LogP contribution is 2.09. The van der Waals surface area contributed by atoms with Crippen molar-refractivity contribution in [2.75, 3.05) is 13.1 Å². The Morgan fingerprint density at radius 2 is 1.50 bits per heavy atom. The van der Waals surface area contributed by atoms with E-state index in [4.69, 9.17) is 10.2 Å². The van der Waals surface area contributed by atoms with Crippen LogP contribution in [0.3, 0.4) is 0 Å². The standard InChI is InChI=1S/C14H29NO3/c1-13(16)12-15-11-9-7-5-3-2-4-6-8-10-14(17)18/h13,15-16H,2-12H2,1H3,(H,17,18). The third-order valence-corrected chi connectivity index (χ3v) is 2.93. The van der Waals surface area contributed by atoms with E-state index in [-0.39, 0.29) is 6.10 Å². The SMILES string of the molecule is CC(O)CNCCCCCCCCCCC(=O)O. The predicted molar refractivity (Wildman–Crippen MR) is 73.7 cm³/mol. The van der Waals surface area contributed by atoms with Crippen LogP contribution in [0.5, 0.6) is 0 Å². The number of carboxylic acids is 1. The monoisotopic (exact) mass is 259 g/mol. The van der Waals surface area contributed by atoms with E-state index in [2.05, 4.69) is 5.32 Å². The fraction of sp³-hybridized carbons (Fsp3) is 0.929. The average Bonchev–Trinajstić information content (AvgIpc) is 2.29. The first-order valence-corrected chi connectivity index (χ1v) is 7.23. The Bertz CT molecular complexity index is 195. The van der Waals surface area contributed by atoms with Crippen LogP contribution >= 0.6 is 0 Å². The van der Waals surface area contributed by atoms with Gasteiger partial charge in [0, 0.05) is 13.0 Å². The molecule has 0 aromatic carbocycles. The molecule has 4 heteroatoms. The zero-order valence-corrected chi connectivity index (χ0v) is 11.7. The first-order valence-electron chi connectivity index (χ1n) is 7.23. The molecule has 0 amide bonds. The van der Waals surface area contributed by atoms with Crippen molar-refractivity contribution in [3.8, 4) is 0 Å². The number of aliphatic hydroxyl groups is 1. The van der Waals surface area contributed by atoms with Gasteiger partial charge in [-0.1, -0.05) is 38.5 Å². The van der Waals surface area contributed by atoms with Crippen molar-refractivity contribution in [3.05, 3.63) is 0 Å². The number of carboxylic acid groups (broad SMARTS) is 1. The van der Waals surface area contributed by atoms with E-state index in [1.807, 2.05) is 0 Å². The molecule has 0 aliphatic carbocycles. The lowest BCUT2D eigenvalue weighted by Gasteiger charge is -2.06. The van der Waals surface area contributed by atoms with Gasteiger partial charge < -0.3 is 15.5 Å². The maximum Gasteiger partial charge on any atom is 0.303 e. The summed E-state index contributed by atoms with van der Waals surface area (Å²) in [4.78, 5) is 10.3. The Morgan fingerprint density at radius 1 is 1.00 bits per heavy atom. The van der Waals surface area contributed by atoms with Gasteiger partial charge in [0.25, 0.3) is 0 Å². The summed E-state index contributed by atoms with van der Waals surface area (Å²) in [7, 11) is 0. The number of hydrogen-bond acceptors (Lipinski definition) is 3. The number of rotatable bonds is 13. The van der Waals surface area contributed by atoms with E-state index in [1.54, 1.807) is 6.92 Å². The fourth-order valence-corrected chi connectivity index (χ4v) is 1.90. The molecule has 0 aromatic heterocycles. The zero-order valence-electron chi connectivity index (χ0n) is 11.7. The van der Waals surface area contributed by atoms with Crippen LogP contribution in [0.25, 0.3) is 0 Å². The van der Waals surface area contributed by atoms with Gasteiger partial charge in [-0.15, -0.1) is 0 Å². The number of hydrogen-bond donors (Lipinski definition) is 3. The molecule has 1 unspecified atom stereocenters. The molecule has 108 valence electrons. The normalized spacial score (nSPS) is 12.6. The number of carbonyl (C=O) groups is 1. The van der Waals surface area contributed by atoms with Gasteiger partial charge in [-0.05, 0) is 26.3 Å². The van der Waals surface area contributed by atoms with Crippen LogP contribution in [-0.4, -0.2) is 35.4 Å². The number of aliphatic hydroxyl groups excluding tert-OH is 1. The molecular formula is C14H29NO3. The fourth-order valence-electron chi connectivity index (χ4n) is 1.90. The summed E-state index contributed by atoms with van der Waals surface area (Å²) in [5.41, 5.74) is 0. The summed E-state index contributed by atoms with van der Waals surface area (Å²) in [5.74, 6) is -0.681. The van der Waals surface area contributed by atoms with Gasteiger partial charge in [0.2, 0.25) is 0 Å². The van der Waals surface area contributed by atoms with Crippen LogP contribution in [0.4, 0.5) is 0 Å². The van der Waals surface area contributed by atoms with E-state index in [0.717, 1.165) is 25.8 Å². The minimum atomic E-state index is -0.681. The van der Waals surface area contributed by atoms with Crippen LogP contribution in [-0.2, 0) is 4.79 Å². The number of aliphatic carboxylic acids is 1. The van der Waals surface area contributed by atoms with Gasteiger partial charge in [-0.25, -0.2) is 0 Å². The summed E-state index contributed by atoms with van der Waals surface area (Å²) in [6.07, 6.45) is 9.23. The van der Waals surface area contributed by atoms with E-state index >= 15 is 0 Å². The average molecular weight is 259 g/mol. The summed E-state index contributed by atoms with van der Waals surface area (Å²) < 4.78 is 0. The van der Waals surface area contributed by atoms with Crippen molar-refractivity contribution in [2.24, 2.45) is 0 Å². The van der Waals surface area contributed by atoms with Gasteiger partial charge in [0.1, 0.15) is 0 Å². The lowest BCUT2D eigenvalue weighted by atomic mass is 10.1. The molecule has 0 spiro atoms. The summed E-state index contributed by atoms with van der Waals surface area (Å²) >= 11 is 0. The topological polar surface area (TPSA) is 69.6 Å². The molecule has 0 saturated heterocycles. The Kier molecular flexibility index (Phi) is 12.4. The minimum Gasteiger partial charge on any atom is -0.481 e. The van der Waals surface area contributed by atoms with Crippen LogP contribution in [0.15, 0.2) is 0 Å². The van der Waals surface area contributed by atoms with Crippen molar-refractivity contribution in [2.45, 2.75) is 70.8 Å². The van der Waals surface area contributed by atoms with E-state index in [9.17, 15) is 4.79 Å². The molecule has 4 nitrogen and oxygen atoms in total. The van der Waals surface area contributed by atoms with E-state index in [0.29, 0.717) is 13.0 Å². The highest BCUT2D eigenvalue weighted by Gasteiger charge is 1.97. The molecule has 0 bridgehead atoms. The van der Waals surface area contributed by atoms with Crippen LogP contribution in [0.2, 0.25) is 0 Å². The smallest absolute Gasteiger partial charge is 0.303 e. The van der Waals surface area contributed by atoms with Crippen molar-refractivity contribution in [1.29, 1.82) is 0 Å². The van der Waals surface area contributed by atoms with Crippen LogP contribution < -0.4 is 5.32 Å². The van der Waals surface area contributed by atoms with Crippen molar-refractivity contribution in [1.82, 2.24) is 5.32 Å². The first kappa shape index (κ1) is 17.4. The third kappa shape index (κ3) is 15.4. The molecule has 0 aliphatic heterocycles. The second-order valence-electron chi connectivity index (χ2n) is 5.03. The molecule has 0 heterocycles. The maximum absolute atomic E-state index is 10.3. The summed E-state index contributed by atoms with van der Waals surface area (Å²) in [6, 6.07) is 0. The van der Waals surface area contributed by atoms with Crippen molar-refractivity contribution < 1.29 is 15.0 Å². The Morgan fingerprint density at radius 3 is 2.00 bits per heavy atom. The molecule has 0 aromatic rings. The molecular weight excluding hydrogens is 230 g/mol. The molecule has 0 radical (unpaired) electrons. The summed E-state index contributed by atoms with van der Waals surface area (Å²) in [5, 5.41) is 20.7. The zero-order chi connectivity index (χ0) is 13.6. The molecule has 0 aliphatic rings. The quantitative estimate of drug-likeness (QED) is 0.445. The number of nitrogens with one attached hydrogen (secondary N) is 1. The molecule has 3 N–H and O–H groups in total. The molecule has 18 heavy (non-hydrogen) atoms. The van der Waals surface area contributed by atoms with Gasteiger partial charge in [0.05, 0.1) is 6.10 Å². The summed E-state index contributed by atoms with van der Waals surface area (Å²) in [6.45, 7) is 3.46. The maximum atomic E-state index is 10.3. The van der Waals surface area contributed by atoms with Gasteiger partial charge in [-0.3, -0.25) is 4.79 Å². The highest BCUT2D eigenvalue weighted by atomic mass is 16.4. The second-order valence-corrected chi connectivity index (χ2v) is 5.03. The minimum absolute atomic E-state index is 0.254. The molecule has 0 rings (SSSR count). The van der Waals surface area contributed by atoms with Crippen LogP contribution in [0.1, 0.15) is 64.7 Å². The Balaban J connectivity index is 2.97. The first-order chi connectivity index (χ1) is 8.63. The van der Waals surface area contributed by atoms with Gasteiger partial charge in [0.15, 0.2) is 0 Å². The van der Waals surface area contributed by atoms with Crippen molar-refractivity contribution >= 4 is 5.97 Å². The van der Waals surface area contributed by atoms with Crippen LogP contribution in [0, 0.1) is 0 Å². The molecule has 0 fully saturated rings. The highest BCUT2D eigenvalue weighted by molar-refractivity contribution is 5.66. The molecule has 1 atom stereocenters.